The summed E-state index contributed by atoms with van der Waals surface area (Å²) in [6.07, 6.45) is 1.07. The van der Waals surface area contributed by atoms with Crippen LogP contribution in [0.1, 0.15) is 45.2 Å². The molecule has 4 heteroatoms. The molecule has 0 aliphatic carbocycles. The number of carbonyl (C=O) groups excluding carboxylic acids is 1. The minimum Gasteiger partial charge on any atom is -0.462 e. The van der Waals surface area contributed by atoms with Crippen molar-refractivity contribution >= 4 is 5.97 Å². The number of hydrogen-bond donors (Lipinski definition) is 0. The largest absolute Gasteiger partial charge is 0.462 e. The van der Waals surface area contributed by atoms with E-state index < -0.39 is 5.60 Å². The Hall–Kier alpha value is -2.17. The molecular weight excluding hydrogens is 350 g/mol. The van der Waals surface area contributed by atoms with E-state index in [0.29, 0.717) is 25.8 Å². The molecule has 0 aliphatic rings. The molecule has 2 rings (SSSR count). The van der Waals surface area contributed by atoms with Crippen LogP contribution in [0, 0.1) is 0 Å². The molecule has 2 aromatic rings. The topological polar surface area (TPSA) is 38.8 Å². The molecule has 0 saturated heterocycles. The number of ether oxygens (including phenoxy) is 2. The highest BCUT2D eigenvalue weighted by atomic mass is 16.6. The molecule has 0 radical (unpaired) electrons. The summed E-state index contributed by atoms with van der Waals surface area (Å²) < 4.78 is 11.9. The molecule has 0 fully saturated rings. The summed E-state index contributed by atoms with van der Waals surface area (Å²) in [5, 5.41) is 0. The minimum atomic E-state index is -1.26. The highest BCUT2D eigenvalue weighted by Crippen LogP contribution is 2.35. The van der Waals surface area contributed by atoms with E-state index in [0.717, 1.165) is 24.1 Å². The third-order valence-electron chi connectivity index (χ3n) is 5.24. The van der Waals surface area contributed by atoms with Crippen LogP contribution in [-0.4, -0.2) is 43.2 Å². The van der Waals surface area contributed by atoms with Crippen molar-refractivity contribution in [3.05, 3.63) is 71.8 Å². The summed E-state index contributed by atoms with van der Waals surface area (Å²) in [6, 6.07) is 19.7. The predicted molar refractivity (Wildman–Crippen MR) is 113 cm³/mol. The fraction of sp³-hybridized carbons (Fsp3) is 0.458. The highest BCUT2D eigenvalue weighted by Gasteiger charge is 2.44. The molecule has 0 aliphatic heterocycles. The first kappa shape index (κ1) is 22.1. The van der Waals surface area contributed by atoms with Crippen LogP contribution in [0.2, 0.25) is 0 Å². The van der Waals surface area contributed by atoms with Crippen molar-refractivity contribution in [1.29, 1.82) is 0 Å². The Kier molecular flexibility index (Phi) is 8.68. The number of likely N-dealkylation sites (N-methyl/N-ethyl adjacent to an activating group) is 1. The van der Waals surface area contributed by atoms with E-state index in [9.17, 15) is 4.79 Å². The first-order valence-electron chi connectivity index (χ1n) is 10.3. The van der Waals surface area contributed by atoms with Gasteiger partial charge in [0, 0.05) is 19.2 Å². The second kappa shape index (κ2) is 11.0. The van der Waals surface area contributed by atoms with Gasteiger partial charge in [0.05, 0.1) is 0 Å². The smallest absolute Gasteiger partial charge is 0.347 e. The number of esters is 1. The Balaban J connectivity index is 2.30. The van der Waals surface area contributed by atoms with Crippen LogP contribution >= 0.6 is 0 Å². The maximum atomic E-state index is 13.4. The SMILES string of the molecule is CCOC(C(=O)OCCN(CC)C(C)CC)(c1ccccc1)c1ccccc1. The maximum Gasteiger partial charge on any atom is 0.347 e. The molecule has 0 aromatic heterocycles. The average Bonchev–Trinajstić information content (AvgIpc) is 2.75. The maximum absolute atomic E-state index is 13.4. The fourth-order valence-corrected chi connectivity index (χ4v) is 3.50. The second-order valence-corrected chi connectivity index (χ2v) is 6.87. The van der Waals surface area contributed by atoms with Crippen molar-refractivity contribution in [3.8, 4) is 0 Å². The van der Waals surface area contributed by atoms with Gasteiger partial charge in [0.1, 0.15) is 6.61 Å². The van der Waals surface area contributed by atoms with E-state index >= 15 is 0 Å². The molecule has 0 heterocycles. The van der Waals surface area contributed by atoms with Crippen molar-refractivity contribution in [2.75, 3.05) is 26.3 Å². The number of benzene rings is 2. The number of carbonyl (C=O) groups is 1. The predicted octanol–water partition coefficient (Wildman–Crippen LogP) is 4.63. The van der Waals surface area contributed by atoms with Gasteiger partial charge in [-0.3, -0.25) is 4.90 Å². The fourth-order valence-electron chi connectivity index (χ4n) is 3.50. The van der Waals surface area contributed by atoms with Gasteiger partial charge in [-0.15, -0.1) is 0 Å². The monoisotopic (exact) mass is 383 g/mol. The van der Waals surface area contributed by atoms with E-state index in [1.54, 1.807) is 0 Å². The van der Waals surface area contributed by atoms with E-state index in [-0.39, 0.29) is 5.97 Å². The minimum absolute atomic E-state index is 0.339. The van der Waals surface area contributed by atoms with E-state index in [2.05, 4.69) is 25.7 Å². The molecule has 0 saturated carbocycles. The van der Waals surface area contributed by atoms with Crippen molar-refractivity contribution in [3.63, 3.8) is 0 Å². The zero-order valence-corrected chi connectivity index (χ0v) is 17.6. The van der Waals surface area contributed by atoms with Crippen molar-refractivity contribution in [2.24, 2.45) is 0 Å². The summed E-state index contributed by atoms with van der Waals surface area (Å²) in [5.74, 6) is -0.369. The zero-order valence-electron chi connectivity index (χ0n) is 17.6. The highest BCUT2D eigenvalue weighted by molar-refractivity contribution is 5.85. The van der Waals surface area contributed by atoms with Crippen molar-refractivity contribution < 1.29 is 14.3 Å². The van der Waals surface area contributed by atoms with Crippen molar-refractivity contribution in [2.45, 2.75) is 45.8 Å². The van der Waals surface area contributed by atoms with Gasteiger partial charge in [-0.1, -0.05) is 74.5 Å². The summed E-state index contributed by atoms with van der Waals surface area (Å²) in [7, 11) is 0. The van der Waals surface area contributed by atoms with E-state index in [4.69, 9.17) is 9.47 Å². The molecule has 152 valence electrons. The van der Waals surface area contributed by atoms with Crippen LogP contribution in [0.15, 0.2) is 60.7 Å². The molecular formula is C24H33NO3. The Morgan fingerprint density at radius 1 is 0.964 bits per heavy atom. The summed E-state index contributed by atoms with van der Waals surface area (Å²) >= 11 is 0. The number of hydrogen-bond acceptors (Lipinski definition) is 4. The van der Waals surface area contributed by atoms with Gasteiger partial charge in [-0.05, 0) is 37.9 Å². The first-order chi connectivity index (χ1) is 13.6. The van der Waals surface area contributed by atoms with Gasteiger partial charge < -0.3 is 9.47 Å². The Morgan fingerprint density at radius 3 is 1.93 bits per heavy atom. The van der Waals surface area contributed by atoms with Gasteiger partial charge in [0.25, 0.3) is 0 Å². The van der Waals surface area contributed by atoms with Crippen LogP contribution in [-0.2, 0) is 19.9 Å². The van der Waals surface area contributed by atoms with Crippen LogP contribution in [0.25, 0.3) is 0 Å². The summed E-state index contributed by atoms with van der Waals surface area (Å²) in [4.78, 5) is 15.7. The lowest BCUT2D eigenvalue weighted by molar-refractivity contribution is -0.168. The van der Waals surface area contributed by atoms with Gasteiger partial charge in [-0.25, -0.2) is 4.79 Å². The number of rotatable bonds is 11. The molecule has 4 nitrogen and oxygen atoms in total. The van der Waals surface area contributed by atoms with Gasteiger partial charge in [0.15, 0.2) is 0 Å². The quantitative estimate of drug-likeness (QED) is 0.530. The molecule has 1 unspecified atom stereocenters. The van der Waals surface area contributed by atoms with Gasteiger partial charge in [-0.2, -0.15) is 0 Å². The molecule has 1 atom stereocenters. The third-order valence-corrected chi connectivity index (χ3v) is 5.24. The Morgan fingerprint density at radius 2 is 1.50 bits per heavy atom. The molecule has 0 bridgehead atoms. The van der Waals surface area contributed by atoms with Crippen LogP contribution in [0.3, 0.4) is 0 Å². The molecule has 0 N–H and O–H groups in total. The summed E-state index contributed by atoms with van der Waals surface area (Å²) in [6.45, 7) is 10.8. The van der Waals surface area contributed by atoms with Crippen LogP contribution in [0.5, 0.6) is 0 Å². The van der Waals surface area contributed by atoms with Crippen molar-refractivity contribution in [1.82, 2.24) is 4.90 Å². The standard InChI is InChI=1S/C24H33NO3/c1-5-20(4)25(6-2)18-19-27-23(26)24(28-7-3,21-14-10-8-11-15-21)22-16-12-9-13-17-22/h8-17,20H,5-7,18-19H2,1-4H3. The van der Waals surface area contributed by atoms with Gasteiger partial charge >= 0.3 is 5.97 Å². The molecule has 0 spiro atoms. The normalized spacial score (nSPS) is 12.8. The first-order valence-corrected chi connectivity index (χ1v) is 10.3. The molecule has 28 heavy (non-hydrogen) atoms. The van der Waals surface area contributed by atoms with Gasteiger partial charge in [0.2, 0.25) is 5.60 Å². The van der Waals surface area contributed by atoms with E-state index in [1.165, 1.54) is 0 Å². The Bertz CT molecular complexity index is 663. The average molecular weight is 384 g/mol. The van der Waals surface area contributed by atoms with E-state index in [1.807, 2.05) is 67.6 Å². The third kappa shape index (κ3) is 5.00. The number of nitrogens with zero attached hydrogens (tertiary/aromatic N) is 1. The molecule has 2 aromatic carbocycles. The second-order valence-electron chi connectivity index (χ2n) is 6.87. The summed E-state index contributed by atoms with van der Waals surface area (Å²) in [5.41, 5.74) is 0.301. The Labute approximate surface area is 169 Å². The molecule has 0 amide bonds. The lowest BCUT2D eigenvalue weighted by atomic mass is 9.86. The lowest BCUT2D eigenvalue weighted by Gasteiger charge is -2.33. The van der Waals surface area contributed by atoms with Crippen LogP contribution in [0.4, 0.5) is 0 Å². The zero-order chi connectivity index (χ0) is 20.4. The van der Waals surface area contributed by atoms with Crippen LogP contribution < -0.4 is 0 Å². The lowest BCUT2D eigenvalue weighted by Crippen LogP contribution is -2.43.